The van der Waals surface area contributed by atoms with Crippen molar-refractivity contribution in [3.05, 3.63) is 12.2 Å². The molecule has 2 N–H and O–H groups in total. The Morgan fingerprint density at radius 3 is 2.41 bits per heavy atom. The Bertz CT molecular complexity index is 231. The highest BCUT2D eigenvalue weighted by Gasteiger charge is 2.24. The molecular formula is C15H27NO. The Morgan fingerprint density at radius 1 is 1.06 bits per heavy atom. The summed E-state index contributed by atoms with van der Waals surface area (Å²) < 4.78 is 0. The Balaban J connectivity index is 1.82. The maximum atomic E-state index is 9.59. The molecule has 0 spiro atoms. The van der Waals surface area contributed by atoms with Crippen molar-refractivity contribution < 1.29 is 5.11 Å². The number of aliphatic hydroxyl groups is 1. The molecule has 2 aliphatic carbocycles. The lowest BCUT2D eigenvalue weighted by atomic mass is 9.87. The third kappa shape index (κ3) is 4.11. The first-order valence-electron chi connectivity index (χ1n) is 7.42. The van der Waals surface area contributed by atoms with Crippen molar-refractivity contribution in [2.24, 2.45) is 5.92 Å². The zero-order valence-electron chi connectivity index (χ0n) is 10.9. The molecule has 1 fully saturated rings. The topological polar surface area (TPSA) is 32.3 Å². The fraction of sp³-hybridized carbons (Fsp3) is 0.867. The lowest BCUT2D eigenvalue weighted by molar-refractivity contribution is 0.175. The monoisotopic (exact) mass is 237 g/mol. The van der Waals surface area contributed by atoms with E-state index in [1.165, 1.54) is 51.4 Å². The van der Waals surface area contributed by atoms with Crippen LogP contribution in [0.25, 0.3) is 0 Å². The second-order valence-electron chi connectivity index (χ2n) is 5.69. The molecule has 0 bridgehead atoms. The van der Waals surface area contributed by atoms with Crippen molar-refractivity contribution in [2.75, 3.05) is 6.61 Å². The first-order chi connectivity index (χ1) is 8.40. The van der Waals surface area contributed by atoms with E-state index in [1.54, 1.807) is 0 Å². The predicted molar refractivity (Wildman–Crippen MR) is 72.0 cm³/mol. The Kier molecular flexibility index (Phi) is 5.53. The van der Waals surface area contributed by atoms with Gasteiger partial charge in [0.15, 0.2) is 0 Å². The minimum Gasteiger partial charge on any atom is -0.395 e. The highest BCUT2D eigenvalue weighted by molar-refractivity contribution is 4.94. The van der Waals surface area contributed by atoms with Gasteiger partial charge in [0, 0.05) is 12.1 Å². The smallest absolute Gasteiger partial charge is 0.0587 e. The van der Waals surface area contributed by atoms with Gasteiger partial charge in [0.1, 0.15) is 0 Å². The summed E-state index contributed by atoms with van der Waals surface area (Å²) in [5.74, 6) is 0.647. The zero-order chi connectivity index (χ0) is 11.9. The van der Waals surface area contributed by atoms with Crippen molar-refractivity contribution >= 4 is 0 Å². The minimum atomic E-state index is 0.301. The van der Waals surface area contributed by atoms with Gasteiger partial charge in [0.25, 0.3) is 0 Å². The average molecular weight is 237 g/mol. The van der Waals surface area contributed by atoms with Gasteiger partial charge >= 0.3 is 0 Å². The van der Waals surface area contributed by atoms with Crippen LogP contribution in [0.1, 0.15) is 57.8 Å². The molecule has 0 saturated heterocycles. The molecule has 2 atom stereocenters. The zero-order valence-corrected chi connectivity index (χ0v) is 10.9. The minimum absolute atomic E-state index is 0.301. The van der Waals surface area contributed by atoms with Gasteiger partial charge in [-0.3, -0.25) is 0 Å². The molecule has 2 aliphatic rings. The molecule has 2 heteroatoms. The molecular weight excluding hydrogens is 210 g/mol. The van der Waals surface area contributed by atoms with Gasteiger partial charge < -0.3 is 10.4 Å². The molecule has 0 aromatic heterocycles. The largest absolute Gasteiger partial charge is 0.395 e. The van der Waals surface area contributed by atoms with Crippen LogP contribution in [0.5, 0.6) is 0 Å². The summed E-state index contributed by atoms with van der Waals surface area (Å²) in [5, 5.41) is 13.3. The van der Waals surface area contributed by atoms with Crippen LogP contribution in [0.3, 0.4) is 0 Å². The molecule has 0 radical (unpaired) electrons. The fourth-order valence-electron chi connectivity index (χ4n) is 3.27. The van der Waals surface area contributed by atoms with E-state index in [1.807, 2.05) is 0 Å². The molecule has 0 aromatic carbocycles. The fourth-order valence-corrected chi connectivity index (χ4v) is 3.27. The van der Waals surface area contributed by atoms with E-state index in [9.17, 15) is 5.11 Å². The average Bonchev–Trinajstić information content (AvgIpc) is 2.65. The number of allylic oxidation sites excluding steroid dienone is 2. The SMILES string of the molecule is OCC(NC1CCCCCC1)C1CC=CCC1. The number of hydrogen-bond acceptors (Lipinski definition) is 2. The van der Waals surface area contributed by atoms with Gasteiger partial charge in [-0.1, -0.05) is 37.8 Å². The Morgan fingerprint density at radius 2 is 1.82 bits per heavy atom. The van der Waals surface area contributed by atoms with Crippen LogP contribution in [-0.2, 0) is 0 Å². The molecule has 2 unspecified atom stereocenters. The van der Waals surface area contributed by atoms with Crippen molar-refractivity contribution in [1.29, 1.82) is 0 Å². The van der Waals surface area contributed by atoms with Gasteiger partial charge in [-0.25, -0.2) is 0 Å². The van der Waals surface area contributed by atoms with Gasteiger partial charge in [-0.05, 0) is 38.0 Å². The van der Waals surface area contributed by atoms with Crippen LogP contribution < -0.4 is 5.32 Å². The quantitative estimate of drug-likeness (QED) is 0.582. The van der Waals surface area contributed by atoms with Crippen LogP contribution >= 0.6 is 0 Å². The normalized spacial score (nSPS) is 28.9. The van der Waals surface area contributed by atoms with Crippen molar-refractivity contribution in [3.8, 4) is 0 Å². The lowest BCUT2D eigenvalue weighted by Gasteiger charge is -2.31. The molecule has 1 saturated carbocycles. The van der Waals surface area contributed by atoms with Crippen LogP contribution in [0.2, 0.25) is 0 Å². The molecule has 0 amide bonds. The van der Waals surface area contributed by atoms with Crippen LogP contribution in [0, 0.1) is 5.92 Å². The summed E-state index contributed by atoms with van der Waals surface area (Å²) in [5.41, 5.74) is 0. The van der Waals surface area contributed by atoms with Crippen LogP contribution in [-0.4, -0.2) is 23.8 Å². The number of aliphatic hydroxyl groups excluding tert-OH is 1. The molecule has 17 heavy (non-hydrogen) atoms. The van der Waals surface area contributed by atoms with Gasteiger partial charge in [-0.2, -0.15) is 0 Å². The van der Waals surface area contributed by atoms with E-state index in [2.05, 4.69) is 17.5 Å². The third-order valence-electron chi connectivity index (χ3n) is 4.38. The van der Waals surface area contributed by atoms with E-state index < -0.39 is 0 Å². The molecule has 0 aromatic rings. The first-order valence-corrected chi connectivity index (χ1v) is 7.42. The molecule has 0 heterocycles. The highest BCUT2D eigenvalue weighted by Crippen LogP contribution is 2.24. The first kappa shape index (κ1) is 13.1. The molecule has 2 nitrogen and oxygen atoms in total. The molecule has 98 valence electrons. The summed E-state index contributed by atoms with van der Waals surface area (Å²) in [6.07, 6.45) is 16.3. The molecule has 2 rings (SSSR count). The van der Waals surface area contributed by atoms with E-state index in [-0.39, 0.29) is 0 Å². The number of hydrogen-bond donors (Lipinski definition) is 2. The maximum Gasteiger partial charge on any atom is 0.0587 e. The van der Waals surface area contributed by atoms with Gasteiger partial charge in [-0.15, -0.1) is 0 Å². The summed E-state index contributed by atoms with van der Waals surface area (Å²) in [7, 11) is 0. The molecule has 0 aliphatic heterocycles. The van der Waals surface area contributed by atoms with E-state index in [0.29, 0.717) is 24.6 Å². The summed E-state index contributed by atoms with van der Waals surface area (Å²) >= 11 is 0. The number of nitrogens with one attached hydrogen (secondary N) is 1. The van der Waals surface area contributed by atoms with Gasteiger partial charge in [0.2, 0.25) is 0 Å². The Hall–Kier alpha value is -0.340. The van der Waals surface area contributed by atoms with Crippen LogP contribution in [0.15, 0.2) is 12.2 Å². The highest BCUT2D eigenvalue weighted by atomic mass is 16.3. The lowest BCUT2D eigenvalue weighted by Crippen LogP contribution is -2.45. The third-order valence-corrected chi connectivity index (χ3v) is 4.38. The summed E-state index contributed by atoms with van der Waals surface area (Å²) in [4.78, 5) is 0. The summed E-state index contributed by atoms with van der Waals surface area (Å²) in [6, 6.07) is 0.976. The predicted octanol–water partition coefficient (Wildman–Crippen LogP) is 3.02. The summed E-state index contributed by atoms with van der Waals surface area (Å²) in [6.45, 7) is 0.301. The van der Waals surface area contributed by atoms with Gasteiger partial charge in [0.05, 0.1) is 6.61 Å². The second-order valence-corrected chi connectivity index (χ2v) is 5.69. The van der Waals surface area contributed by atoms with E-state index in [4.69, 9.17) is 0 Å². The van der Waals surface area contributed by atoms with E-state index >= 15 is 0 Å². The van der Waals surface area contributed by atoms with Crippen molar-refractivity contribution in [1.82, 2.24) is 5.32 Å². The second kappa shape index (κ2) is 7.17. The van der Waals surface area contributed by atoms with Crippen molar-refractivity contribution in [3.63, 3.8) is 0 Å². The Labute approximate surface area is 105 Å². The van der Waals surface area contributed by atoms with Crippen LogP contribution in [0.4, 0.5) is 0 Å². The van der Waals surface area contributed by atoms with E-state index in [0.717, 1.165) is 6.42 Å². The number of rotatable bonds is 4. The van der Waals surface area contributed by atoms with Crippen molar-refractivity contribution in [2.45, 2.75) is 69.9 Å². The standard InChI is InChI=1S/C15H27NO/c17-12-15(13-8-4-3-5-9-13)16-14-10-6-1-2-7-11-14/h3-4,13-17H,1-2,5-12H2. The maximum absolute atomic E-state index is 9.59.